The predicted molar refractivity (Wildman–Crippen MR) is 110 cm³/mol. The van der Waals surface area contributed by atoms with E-state index in [0.29, 0.717) is 12.0 Å². The number of ketones is 2. The SMILES string of the molecule is C[C@]12C=CC(=O)C=C1CC[C@H]1[C@@H]3C[C@@H](O)[C@](O)(C(=O)COS(C)(=O)=O)[C@@]3(C)C[C@H](O)[C@@]12F. The van der Waals surface area contributed by atoms with Crippen molar-refractivity contribution in [2.45, 2.75) is 63.0 Å². The number of aliphatic hydroxyl groups is 3. The molecule has 0 unspecified atom stereocenters. The second-order valence-corrected chi connectivity index (χ2v) is 11.8. The molecule has 4 aliphatic rings. The summed E-state index contributed by atoms with van der Waals surface area (Å²) in [5.74, 6) is -2.73. The van der Waals surface area contributed by atoms with Crippen LogP contribution in [-0.2, 0) is 23.9 Å². The van der Waals surface area contributed by atoms with E-state index in [4.69, 9.17) is 0 Å². The van der Waals surface area contributed by atoms with Crippen LogP contribution in [0.25, 0.3) is 0 Å². The van der Waals surface area contributed by atoms with Crippen LogP contribution in [0, 0.1) is 22.7 Å². The van der Waals surface area contributed by atoms with E-state index in [-0.39, 0.29) is 25.0 Å². The maximum atomic E-state index is 16.9. The first-order valence-electron chi connectivity index (χ1n) is 10.7. The van der Waals surface area contributed by atoms with Gasteiger partial charge in [0, 0.05) is 16.7 Å². The molecule has 10 heteroatoms. The first-order valence-corrected chi connectivity index (χ1v) is 12.5. The van der Waals surface area contributed by atoms with E-state index in [9.17, 15) is 33.3 Å². The fraction of sp³-hybridized carbons (Fsp3) is 0.727. The number of allylic oxidation sites excluding steroid dienone is 4. The number of alkyl halides is 1. The molecule has 8 atom stereocenters. The minimum Gasteiger partial charge on any atom is -0.390 e. The highest BCUT2D eigenvalue weighted by Gasteiger charge is 2.76. The molecule has 178 valence electrons. The summed E-state index contributed by atoms with van der Waals surface area (Å²) in [6.45, 7) is 2.21. The minimum atomic E-state index is -3.97. The molecule has 4 rings (SSSR count). The maximum absolute atomic E-state index is 16.9. The van der Waals surface area contributed by atoms with Crippen LogP contribution in [0.1, 0.15) is 39.5 Å². The maximum Gasteiger partial charge on any atom is 0.264 e. The van der Waals surface area contributed by atoms with E-state index < -0.39 is 68.7 Å². The Balaban J connectivity index is 1.75. The van der Waals surface area contributed by atoms with Gasteiger partial charge in [-0.1, -0.05) is 18.6 Å². The fourth-order valence-electron chi connectivity index (χ4n) is 7.00. The van der Waals surface area contributed by atoms with Gasteiger partial charge in [-0.3, -0.25) is 13.8 Å². The number of halogens is 1. The molecular formula is C22H29FO8S. The number of hydrogen-bond acceptors (Lipinski definition) is 8. The lowest BCUT2D eigenvalue weighted by molar-refractivity contribution is -0.222. The van der Waals surface area contributed by atoms with Crippen molar-refractivity contribution in [3.05, 3.63) is 23.8 Å². The van der Waals surface area contributed by atoms with Crippen molar-refractivity contribution in [1.82, 2.24) is 0 Å². The van der Waals surface area contributed by atoms with Gasteiger partial charge in [0.05, 0.1) is 18.5 Å². The molecule has 0 aromatic carbocycles. The van der Waals surface area contributed by atoms with Gasteiger partial charge in [0.15, 0.2) is 22.8 Å². The van der Waals surface area contributed by atoms with E-state index in [2.05, 4.69) is 4.18 Å². The molecule has 0 radical (unpaired) electrons. The topological polar surface area (TPSA) is 138 Å². The first kappa shape index (κ1) is 23.7. The quantitative estimate of drug-likeness (QED) is 0.506. The molecule has 0 aromatic heterocycles. The molecule has 0 aliphatic heterocycles. The van der Waals surface area contributed by atoms with Crippen LogP contribution < -0.4 is 0 Å². The molecule has 32 heavy (non-hydrogen) atoms. The lowest BCUT2D eigenvalue weighted by Crippen LogP contribution is -2.69. The zero-order valence-corrected chi connectivity index (χ0v) is 19.1. The van der Waals surface area contributed by atoms with Crippen LogP contribution in [0.15, 0.2) is 23.8 Å². The lowest BCUT2D eigenvalue weighted by atomic mass is 9.44. The molecule has 3 saturated carbocycles. The van der Waals surface area contributed by atoms with Crippen molar-refractivity contribution < 1.29 is 41.9 Å². The summed E-state index contributed by atoms with van der Waals surface area (Å²) >= 11 is 0. The van der Waals surface area contributed by atoms with Crippen molar-refractivity contribution in [3.8, 4) is 0 Å². The Hall–Kier alpha value is -1.46. The average molecular weight is 473 g/mol. The summed E-state index contributed by atoms with van der Waals surface area (Å²) in [6.07, 6.45) is 2.05. The predicted octanol–water partition coefficient (Wildman–Crippen LogP) is 0.604. The lowest BCUT2D eigenvalue weighted by Gasteiger charge is -2.62. The normalized spacial score (nSPS) is 48.0. The van der Waals surface area contributed by atoms with Gasteiger partial charge in [0.2, 0.25) is 0 Å². The number of carbonyl (C=O) groups is 2. The van der Waals surface area contributed by atoms with Gasteiger partial charge in [-0.05, 0) is 50.7 Å². The van der Waals surface area contributed by atoms with Gasteiger partial charge in [0.1, 0.15) is 6.61 Å². The van der Waals surface area contributed by atoms with Crippen molar-refractivity contribution >= 4 is 21.7 Å². The number of Topliss-reactive ketones (excluding diaryl/α,β-unsaturated/α-hetero) is 1. The van der Waals surface area contributed by atoms with Gasteiger partial charge in [-0.2, -0.15) is 8.42 Å². The highest BCUT2D eigenvalue weighted by molar-refractivity contribution is 7.86. The van der Waals surface area contributed by atoms with E-state index in [1.54, 1.807) is 6.92 Å². The standard InChI is InChI=1S/C22H29FO8S/c1-19-7-6-13(24)8-12(19)4-5-14-15-9-16(25)22(28,18(27)11-31-32(3,29)30)20(15,2)10-17(26)21(14,19)23/h6-8,14-17,25-26,28H,4-5,9-11H2,1-3H3/t14-,15-,16+,17-,19-,20-,21-,22-/m0/s1. The molecule has 0 bridgehead atoms. The molecule has 4 aliphatic carbocycles. The monoisotopic (exact) mass is 472 g/mol. The van der Waals surface area contributed by atoms with E-state index in [1.165, 1.54) is 25.2 Å². The third-order valence-corrected chi connectivity index (χ3v) is 9.24. The molecule has 0 spiro atoms. The van der Waals surface area contributed by atoms with E-state index in [1.807, 2.05) is 0 Å². The Labute approximate surface area is 186 Å². The summed E-state index contributed by atoms with van der Waals surface area (Å²) in [5, 5.41) is 33.4. The minimum absolute atomic E-state index is 0.0849. The van der Waals surface area contributed by atoms with Crippen LogP contribution in [0.4, 0.5) is 4.39 Å². The molecule has 3 fully saturated rings. The summed E-state index contributed by atoms with van der Waals surface area (Å²) in [5.41, 5.74) is -6.62. The number of carbonyl (C=O) groups excluding carboxylic acids is 2. The van der Waals surface area contributed by atoms with Crippen molar-refractivity contribution in [2.75, 3.05) is 12.9 Å². The molecule has 0 amide bonds. The Morgan fingerprint density at radius 2 is 1.91 bits per heavy atom. The zero-order chi connectivity index (χ0) is 23.9. The second-order valence-electron chi connectivity index (χ2n) is 10.2. The van der Waals surface area contributed by atoms with Crippen molar-refractivity contribution in [1.29, 1.82) is 0 Å². The van der Waals surface area contributed by atoms with Crippen LogP contribution in [0.2, 0.25) is 0 Å². The molecule has 0 saturated heterocycles. The van der Waals surface area contributed by atoms with Gasteiger partial charge in [-0.25, -0.2) is 4.39 Å². The molecule has 0 aromatic rings. The van der Waals surface area contributed by atoms with Gasteiger partial charge >= 0.3 is 0 Å². The highest BCUT2D eigenvalue weighted by Crippen LogP contribution is 2.69. The fourth-order valence-corrected chi connectivity index (χ4v) is 7.32. The molecule has 3 N–H and O–H groups in total. The Kier molecular flexibility index (Phi) is 5.20. The number of aliphatic hydroxyl groups excluding tert-OH is 2. The molecule has 8 nitrogen and oxygen atoms in total. The Bertz CT molecular complexity index is 1040. The summed E-state index contributed by atoms with van der Waals surface area (Å²) in [4.78, 5) is 24.8. The second kappa shape index (κ2) is 7.02. The van der Waals surface area contributed by atoms with Crippen LogP contribution in [-0.4, -0.2) is 71.6 Å². The zero-order valence-electron chi connectivity index (χ0n) is 18.2. The number of hydrogen-bond donors (Lipinski definition) is 3. The van der Waals surface area contributed by atoms with E-state index in [0.717, 1.165) is 6.26 Å². The first-order chi connectivity index (χ1) is 14.6. The molecular weight excluding hydrogens is 443 g/mol. The summed E-state index contributed by atoms with van der Waals surface area (Å²) in [7, 11) is -3.97. The number of rotatable bonds is 4. The van der Waals surface area contributed by atoms with Gasteiger partial charge < -0.3 is 15.3 Å². The van der Waals surface area contributed by atoms with Crippen molar-refractivity contribution in [2.24, 2.45) is 22.7 Å². The molecule has 0 heterocycles. The Morgan fingerprint density at radius 3 is 2.53 bits per heavy atom. The third kappa shape index (κ3) is 2.89. The smallest absolute Gasteiger partial charge is 0.264 e. The third-order valence-electron chi connectivity index (χ3n) is 8.69. The van der Waals surface area contributed by atoms with Crippen LogP contribution in [0.3, 0.4) is 0 Å². The van der Waals surface area contributed by atoms with Crippen LogP contribution in [0.5, 0.6) is 0 Å². The number of fused-ring (bicyclic) bond motifs is 5. The highest BCUT2D eigenvalue weighted by atomic mass is 32.2. The summed E-state index contributed by atoms with van der Waals surface area (Å²) < 4.78 is 44.2. The van der Waals surface area contributed by atoms with Crippen LogP contribution >= 0.6 is 0 Å². The van der Waals surface area contributed by atoms with Crippen molar-refractivity contribution in [3.63, 3.8) is 0 Å². The van der Waals surface area contributed by atoms with Gasteiger partial charge in [0.25, 0.3) is 10.1 Å². The van der Waals surface area contributed by atoms with E-state index >= 15 is 4.39 Å². The largest absolute Gasteiger partial charge is 0.390 e. The summed E-state index contributed by atoms with van der Waals surface area (Å²) in [6, 6.07) is 0. The average Bonchev–Trinajstić information content (AvgIpc) is 2.89. The Morgan fingerprint density at radius 1 is 1.25 bits per heavy atom. The van der Waals surface area contributed by atoms with Gasteiger partial charge in [-0.15, -0.1) is 0 Å².